The van der Waals surface area contributed by atoms with E-state index in [1.165, 1.54) is 0 Å². The molecule has 0 aliphatic carbocycles. The van der Waals surface area contributed by atoms with Crippen molar-refractivity contribution in [3.8, 4) is 5.75 Å². The number of carbonyl (C=O) groups is 1. The van der Waals surface area contributed by atoms with E-state index >= 15 is 0 Å². The van der Waals surface area contributed by atoms with Gasteiger partial charge in [-0.3, -0.25) is 0 Å². The predicted octanol–water partition coefficient (Wildman–Crippen LogP) is 1.86. The lowest BCUT2D eigenvalue weighted by molar-refractivity contribution is 0.0942. The van der Waals surface area contributed by atoms with Crippen molar-refractivity contribution in [1.82, 2.24) is 9.80 Å². The number of carbonyl (C=O) groups excluding carboxylic acids is 1. The molecule has 1 fully saturated rings. The molecule has 1 N–H and O–H groups in total. The quantitative estimate of drug-likeness (QED) is 0.902. The van der Waals surface area contributed by atoms with Crippen molar-refractivity contribution in [2.24, 2.45) is 0 Å². The van der Waals surface area contributed by atoms with Gasteiger partial charge in [0.25, 0.3) is 0 Å². The summed E-state index contributed by atoms with van der Waals surface area (Å²) in [6, 6.07) is 7.89. The van der Waals surface area contributed by atoms with Crippen molar-refractivity contribution < 1.29 is 9.53 Å². The van der Waals surface area contributed by atoms with Crippen LogP contribution in [-0.4, -0.2) is 55.7 Å². The Morgan fingerprint density at radius 1 is 1.42 bits per heavy atom. The van der Waals surface area contributed by atoms with Crippen molar-refractivity contribution in [3.05, 3.63) is 24.3 Å². The number of nitrogens with one attached hydrogen (secondary N) is 1. The van der Waals surface area contributed by atoms with Gasteiger partial charge in [-0.1, -0.05) is 12.1 Å². The molecule has 0 unspecified atom stereocenters. The molecule has 2 rings (SSSR count). The minimum atomic E-state index is -0.0646. The Labute approximate surface area is 114 Å². The Morgan fingerprint density at radius 3 is 2.74 bits per heavy atom. The van der Waals surface area contributed by atoms with Crippen LogP contribution >= 0.6 is 0 Å². The number of rotatable bonds is 4. The molecule has 1 heterocycles. The number of amides is 2. The average molecular weight is 263 g/mol. The van der Waals surface area contributed by atoms with E-state index in [1.807, 2.05) is 45.3 Å². The highest BCUT2D eigenvalue weighted by Gasteiger charge is 2.32. The number of ether oxygens (including phenoxy) is 1. The number of likely N-dealkylation sites (tertiary alicyclic amines) is 1. The van der Waals surface area contributed by atoms with Crippen LogP contribution in [0.2, 0.25) is 0 Å². The maximum atomic E-state index is 12.1. The molecule has 1 aliphatic rings. The van der Waals surface area contributed by atoms with Gasteiger partial charge in [0.05, 0.1) is 12.3 Å². The lowest BCUT2D eigenvalue weighted by Crippen LogP contribution is -2.60. The summed E-state index contributed by atoms with van der Waals surface area (Å²) in [6.45, 7) is 4.06. The van der Waals surface area contributed by atoms with Crippen molar-refractivity contribution in [2.45, 2.75) is 13.0 Å². The van der Waals surface area contributed by atoms with E-state index in [-0.39, 0.29) is 6.03 Å². The Hall–Kier alpha value is -1.75. The molecule has 0 aromatic heterocycles. The third-order valence-corrected chi connectivity index (χ3v) is 3.31. The third kappa shape index (κ3) is 3.17. The summed E-state index contributed by atoms with van der Waals surface area (Å²) in [6.07, 6.45) is 0. The molecular formula is C14H21N3O2. The largest absolute Gasteiger partial charge is 0.492 e. The van der Waals surface area contributed by atoms with Gasteiger partial charge in [-0.15, -0.1) is 0 Å². The number of hydrogen-bond donors (Lipinski definition) is 1. The number of hydrogen-bond acceptors (Lipinski definition) is 3. The van der Waals surface area contributed by atoms with Crippen LogP contribution in [0.15, 0.2) is 24.3 Å². The Kier molecular flexibility index (Phi) is 4.27. The van der Waals surface area contributed by atoms with E-state index in [1.54, 1.807) is 4.90 Å². The van der Waals surface area contributed by atoms with Gasteiger partial charge < -0.3 is 19.9 Å². The van der Waals surface area contributed by atoms with E-state index in [9.17, 15) is 4.79 Å². The van der Waals surface area contributed by atoms with E-state index < -0.39 is 0 Å². The van der Waals surface area contributed by atoms with Crippen LogP contribution in [0.5, 0.6) is 5.75 Å². The Balaban J connectivity index is 1.93. The van der Waals surface area contributed by atoms with Gasteiger partial charge in [-0.25, -0.2) is 4.79 Å². The number of para-hydroxylation sites is 2. The second-order valence-corrected chi connectivity index (χ2v) is 4.88. The molecule has 0 atom stereocenters. The zero-order chi connectivity index (χ0) is 13.8. The fourth-order valence-electron chi connectivity index (χ4n) is 1.99. The molecule has 5 nitrogen and oxygen atoms in total. The molecule has 19 heavy (non-hydrogen) atoms. The second-order valence-electron chi connectivity index (χ2n) is 4.88. The molecule has 0 radical (unpaired) electrons. The van der Waals surface area contributed by atoms with E-state index in [0.29, 0.717) is 18.4 Å². The monoisotopic (exact) mass is 263 g/mol. The highest BCUT2D eigenvalue weighted by molar-refractivity contribution is 5.91. The Bertz CT molecular complexity index is 442. The predicted molar refractivity (Wildman–Crippen MR) is 75.7 cm³/mol. The van der Waals surface area contributed by atoms with Gasteiger partial charge in [0.2, 0.25) is 0 Å². The van der Waals surface area contributed by atoms with Crippen LogP contribution in [0.3, 0.4) is 0 Å². The first-order valence-electron chi connectivity index (χ1n) is 6.56. The van der Waals surface area contributed by atoms with Gasteiger partial charge in [0.15, 0.2) is 0 Å². The minimum Gasteiger partial charge on any atom is -0.492 e. The fourth-order valence-corrected chi connectivity index (χ4v) is 1.99. The first-order valence-corrected chi connectivity index (χ1v) is 6.56. The number of nitrogens with zero attached hydrogens (tertiary/aromatic N) is 2. The van der Waals surface area contributed by atoms with E-state index in [2.05, 4.69) is 10.2 Å². The highest BCUT2D eigenvalue weighted by atomic mass is 16.5. The molecule has 5 heteroatoms. The summed E-state index contributed by atoms with van der Waals surface area (Å²) in [7, 11) is 4.06. The lowest BCUT2D eigenvalue weighted by atomic mass is 10.1. The van der Waals surface area contributed by atoms with Gasteiger partial charge in [0, 0.05) is 19.1 Å². The van der Waals surface area contributed by atoms with Gasteiger partial charge in [-0.2, -0.15) is 0 Å². The molecule has 1 saturated heterocycles. The van der Waals surface area contributed by atoms with Crippen LogP contribution in [0.25, 0.3) is 0 Å². The summed E-state index contributed by atoms with van der Waals surface area (Å²) < 4.78 is 5.49. The third-order valence-electron chi connectivity index (χ3n) is 3.31. The molecule has 104 valence electrons. The first-order chi connectivity index (χ1) is 9.11. The molecule has 0 bridgehead atoms. The number of benzene rings is 1. The van der Waals surface area contributed by atoms with Crippen molar-refractivity contribution in [3.63, 3.8) is 0 Å². The number of urea groups is 1. The second kappa shape index (κ2) is 5.93. The smallest absolute Gasteiger partial charge is 0.322 e. The van der Waals surface area contributed by atoms with Crippen LogP contribution in [-0.2, 0) is 0 Å². The van der Waals surface area contributed by atoms with Crippen molar-refractivity contribution in [2.75, 3.05) is 39.1 Å². The summed E-state index contributed by atoms with van der Waals surface area (Å²) >= 11 is 0. The first kappa shape index (κ1) is 13.7. The van der Waals surface area contributed by atoms with Crippen molar-refractivity contribution >= 4 is 11.7 Å². The minimum absolute atomic E-state index is 0.0646. The topological polar surface area (TPSA) is 44.8 Å². The molecule has 0 spiro atoms. The van der Waals surface area contributed by atoms with Gasteiger partial charge in [0.1, 0.15) is 5.75 Å². The molecular weight excluding hydrogens is 242 g/mol. The maximum absolute atomic E-state index is 12.1. The van der Waals surface area contributed by atoms with Crippen LogP contribution in [0.1, 0.15) is 6.92 Å². The standard InChI is InChI=1S/C14H21N3O2/c1-4-19-13-8-6-5-7-12(13)15-14(18)17-9-11(10-17)16(2)3/h5-8,11H,4,9-10H2,1-3H3,(H,15,18). The summed E-state index contributed by atoms with van der Waals surface area (Å²) in [5.74, 6) is 0.711. The number of likely N-dealkylation sites (N-methyl/N-ethyl adjacent to an activating group) is 1. The summed E-state index contributed by atoms with van der Waals surface area (Å²) in [5.41, 5.74) is 0.725. The molecule has 0 saturated carbocycles. The van der Waals surface area contributed by atoms with Gasteiger partial charge >= 0.3 is 6.03 Å². The zero-order valence-corrected chi connectivity index (χ0v) is 11.7. The highest BCUT2D eigenvalue weighted by Crippen LogP contribution is 2.24. The Morgan fingerprint density at radius 2 is 2.11 bits per heavy atom. The molecule has 2 amide bonds. The summed E-state index contributed by atoms with van der Waals surface area (Å²) in [5, 5.41) is 2.90. The lowest BCUT2D eigenvalue weighted by Gasteiger charge is -2.42. The zero-order valence-electron chi connectivity index (χ0n) is 11.7. The van der Waals surface area contributed by atoms with Crippen molar-refractivity contribution in [1.29, 1.82) is 0 Å². The van der Waals surface area contributed by atoms with Crippen LogP contribution < -0.4 is 10.1 Å². The molecule has 1 aliphatic heterocycles. The number of anilines is 1. The summed E-state index contributed by atoms with van der Waals surface area (Å²) in [4.78, 5) is 16.0. The molecule has 1 aromatic rings. The maximum Gasteiger partial charge on any atom is 0.322 e. The normalized spacial score (nSPS) is 15.3. The molecule has 1 aromatic carbocycles. The van der Waals surface area contributed by atoms with Gasteiger partial charge in [-0.05, 0) is 33.2 Å². The van der Waals surface area contributed by atoms with E-state index in [0.717, 1.165) is 18.8 Å². The van der Waals surface area contributed by atoms with E-state index in [4.69, 9.17) is 4.74 Å². The van der Waals surface area contributed by atoms with Crippen LogP contribution in [0, 0.1) is 0 Å². The fraction of sp³-hybridized carbons (Fsp3) is 0.500. The SMILES string of the molecule is CCOc1ccccc1NC(=O)N1CC(N(C)C)C1. The average Bonchev–Trinajstić information content (AvgIpc) is 2.29. The van der Waals surface area contributed by atoms with Crippen LogP contribution in [0.4, 0.5) is 10.5 Å².